The largest absolute Gasteiger partial charge is 0.395 e. The zero-order chi connectivity index (χ0) is 15.3. The second kappa shape index (κ2) is 6.85. The van der Waals surface area contributed by atoms with E-state index in [2.05, 4.69) is 4.72 Å². The molecule has 0 bridgehead atoms. The second-order valence-corrected chi connectivity index (χ2v) is 6.45. The van der Waals surface area contributed by atoms with Gasteiger partial charge in [-0.1, -0.05) is 55.5 Å². The smallest absolute Gasteiger partial charge is 0.241 e. The summed E-state index contributed by atoms with van der Waals surface area (Å²) in [7, 11) is -3.67. The predicted octanol–water partition coefficient (Wildman–Crippen LogP) is 2.40. The topological polar surface area (TPSA) is 66.4 Å². The Morgan fingerprint density at radius 2 is 1.67 bits per heavy atom. The first-order valence-corrected chi connectivity index (χ1v) is 8.34. The van der Waals surface area contributed by atoms with E-state index in [1.165, 1.54) is 0 Å². The zero-order valence-electron chi connectivity index (χ0n) is 11.9. The molecule has 1 atom stereocenters. The van der Waals surface area contributed by atoms with Gasteiger partial charge in [-0.3, -0.25) is 0 Å². The molecule has 2 aromatic carbocycles. The van der Waals surface area contributed by atoms with Crippen LogP contribution in [0.1, 0.15) is 13.3 Å². The van der Waals surface area contributed by atoms with Crippen molar-refractivity contribution < 1.29 is 13.5 Å². The van der Waals surface area contributed by atoms with Gasteiger partial charge in [-0.15, -0.1) is 0 Å². The number of rotatable bonds is 6. The Morgan fingerprint density at radius 1 is 1.05 bits per heavy atom. The molecule has 112 valence electrons. The average Bonchev–Trinajstić information content (AvgIpc) is 2.53. The van der Waals surface area contributed by atoms with Crippen LogP contribution >= 0.6 is 0 Å². The van der Waals surface area contributed by atoms with E-state index in [4.69, 9.17) is 0 Å². The van der Waals surface area contributed by atoms with Crippen molar-refractivity contribution >= 4 is 10.0 Å². The molecule has 0 amide bonds. The number of benzene rings is 2. The Labute approximate surface area is 125 Å². The molecular weight excluding hydrogens is 286 g/mol. The van der Waals surface area contributed by atoms with Crippen molar-refractivity contribution in [2.75, 3.05) is 6.61 Å². The highest BCUT2D eigenvalue weighted by atomic mass is 32.2. The highest BCUT2D eigenvalue weighted by molar-refractivity contribution is 7.89. The number of aliphatic hydroxyl groups is 1. The normalized spacial score (nSPS) is 13.0. The molecule has 0 spiro atoms. The van der Waals surface area contributed by atoms with Gasteiger partial charge < -0.3 is 5.11 Å². The molecule has 0 heterocycles. The summed E-state index contributed by atoms with van der Waals surface area (Å²) < 4.78 is 27.6. The summed E-state index contributed by atoms with van der Waals surface area (Å²) in [5, 5.41) is 9.20. The first kappa shape index (κ1) is 15.7. The third-order valence-corrected chi connectivity index (χ3v) is 4.88. The summed E-state index contributed by atoms with van der Waals surface area (Å²) in [6, 6.07) is 15.8. The molecule has 0 saturated heterocycles. The van der Waals surface area contributed by atoms with Gasteiger partial charge in [0.1, 0.15) is 0 Å². The average molecular weight is 305 g/mol. The molecule has 0 aliphatic heterocycles. The Balaban J connectivity index is 2.45. The van der Waals surface area contributed by atoms with E-state index in [1.807, 2.05) is 43.3 Å². The van der Waals surface area contributed by atoms with Crippen molar-refractivity contribution in [2.45, 2.75) is 24.3 Å². The van der Waals surface area contributed by atoms with Gasteiger partial charge in [-0.25, -0.2) is 13.1 Å². The molecule has 0 fully saturated rings. The minimum atomic E-state index is -3.67. The zero-order valence-corrected chi connectivity index (χ0v) is 12.7. The molecule has 0 aliphatic rings. The third kappa shape index (κ3) is 3.69. The van der Waals surface area contributed by atoms with E-state index in [1.54, 1.807) is 18.2 Å². The van der Waals surface area contributed by atoms with Gasteiger partial charge in [0, 0.05) is 11.6 Å². The number of sulfonamides is 1. The molecule has 0 aromatic heterocycles. The van der Waals surface area contributed by atoms with Gasteiger partial charge >= 0.3 is 0 Å². The van der Waals surface area contributed by atoms with Crippen LogP contribution < -0.4 is 4.72 Å². The standard InChI is InChI=1S/C16H19NO3S/c1-2-14(12-18)17-21(19,20)16-11-7-6-10-15(16)13-8-4-3-5-9-13/h3-11,14,17-18H,2,12H2,1H3. The maximum atomic E-state index is 12.5. The summed E-state index contributed by atoms with van der Waals surface area (Å²) in [6.45, 7) is 1.61. The molecule has 4 nitrogen and oxygen atoms in total. The number of hydrogen-bond acceptors (Lipinski definition) is 3. The molecule has 2 aromatic rings. The van der Waals surface area contributed by atoms with Crippen LogP contribution in [0.3, 0.4) is 0 Å². The lowest BCUT2D eigenvalue weighted by Gasteiger charge is -2.16. The maximum absolute atomic E-state index is 12.5. The van der Waals surface area contributed by atoms with E-state index < -0.39 is 16.1 Å². The fourth-order valence-electron chi connectivity index (χ4n) is 2.09. The highest BCUT2D eigenvalue weighted by Crippen LogP contribution is 2.27. The second-order valence-electron chi connectivity index (χ2n) is 4.77. The van der Waals surface area contributed by atoms with E-state index in [-0.39, 0.29) is 11.5 Å². The van der Waals surface area contributed by atoms with Crippen LogP contribution in [0.2, 0.25) is 0 Å². The SMILES string of the molecule is CCC(CO)NS(=O)(=O)c1ccccc1-c1ccccc1. The van der Waals surface area contributed by atoms with Gasteiger partial charge in [0.25, 0.3) is 0 Å². The van der Waals surface area contributed by atoms with Gasteiger partial charge in [0.05, 0.1) is 11.5 Å². The summed E-state index contributed by atoms with van der Waals surface area (Å²) >= 11 is 0. The van der Waals surface area contributed by atoms with Gasteiger partial charge in [-0.2, -0.15) is 0 Å². The lowest BCUT2D eigenvalue weighted by molar-refractivity contribution is 0.254. The van der Waals surface area contributed by atoms with Crippen molar-refractivity contribution in [1.29, 1.82) is 0 Å². The van der Waals surface area contributed by atoms with E-state index in [0.717, 1.165) is 5.56 Å². The Bertz CT molecular complexity index is 680. The van der Waals surface area contributed by atoms with Crippen molar-refractivity contribution in [3.8, 4) is 11.1 Å². The Morgan fingerprint density at radius 3 is 2.29 bits per heavy atom. The molecule has 1 unspecified atom stereocenters. The van der Waals surface area contributed by atoms with Crippen LogP contribution in [0.25, 0.3) is 11.1 Å². The monoisotopic (exact) mass is 305 g/mol. The van der Waals surface area contributed by atoms with Crippen LogP contribution in [0.4, 0.5) is 0 Å². The van der Waals surface area contributed by atoms with Crippen LogP contribution in [0, 0.1) is 0 Å². The third-order valence-electron chi connectivity index (χ3n) is 3.30. The Hall–Kier alpha value is -1.69. The van der Waals surface area contributed by atoms with Crippen molar-refractivity contribution in [1.82, 2.24) is 4.72 Å². The Kier molecular flexibility index (Phi) is 5.12. The van der Waals surface area contributed by atoms with E-state index in [9.17, 15) is 13.5 Å². The van der Waals surface area contributed by atoms with Crippen molar-refractivity contribution in [2.24, 2.45) is 0 Å². The van der Waals surface area contributed by atoms with Crippen molar-refractivity contribution in [3.63, 3.8) is 0 Å². The lowest BCUT2D eigenvalue weighted by Crippen LogP contribution is -2.37. The molecule has 21 heavy (non-hydrogen) atoms. The summed E-state index contributed by atoms with van der Waals surface area (Å²) in [5.41, 5.74) is 1.49. The highest BCUT2D eigenvalue weighted by Gasteiger charge is 2.21. The molecule has 2 rings (SSSR count). The summed E-state index contributed by atoms with van der Waals surface area (Å²) in [5.74, 6) is 0. The van der Waals surface area contributed by atoms with Crippen LogP contribution in [-0.2, 0) is 10.0 Å². The molecule has 5 heteroatoms. The lowest BCUT2D eigenvalue weighted by atomic mass is 10.1. The fraction of sp³-hybridized carbons (Fsp3) is 0.250. The molecular formula is C16H19NO3S. The summed E-state index contributed by atoms with van der Waals surface area (Å²) in [4.78, 5) is 0.225. The minimum Gasteiger partial charge on any atom is -0.395 e. The first-order valence-electron chi connectivity index (χ1n) is 6.86. The molecule has 0 radical (unpaired) electrons. The maximum Gasteiger partial charge on any atom is 0.241 e. The predicted molar refractivity (Wildman–Crippen MR) is 83.4 cm³/mol. The first-order chi connectivity index (χ1) is 10.1. The number of nitrogens with one attached hydrogen (secondary N) is 1. The van der Waals surface area contributed by atoms with Gasteiger partial charge in [0.15, 0.2) is 0 Å². The number of aliphatic hydroxyl groups excluding tert-OH is 1. The molecule has 0 aliphatic carbocycles. The molecule has 0 saturated carbocycles. The van der Waals surface area contributed by atoms with E-state index >= 15 is 0 Å². The molecule has 2 N–H and O–H groups in total. The summed E-state index contributed by atoms with van der Waals surface area (Å²) in [6.07, 6.45) is 0.531. The van der Waals surface area contributed by atoms with Crippen LogP contribution in [-0.4, -0.2) is 26.2 Å². The van der Waals surface area contributed by atoms with Crippen LogP contribution in [0.15, 0.2) is 59.5 Å². The fourth-order valence-corrected chi connectivity index (χ4v) is 3.63. The number of hydrogen-bond donors (Lipinski definition) is 2. The minimum absolute atomic E-state index is 0.219. The van der Waals surface area contributed by atoms with Gasteiger partial charge in [-0.05, 0) is 18.1 Å². The van der Waals surface area contributed by atoms with E-state index in [0.29, 0.717) is 12.0 Å². The van der Waals surface area contributed by atoms with Crippen molar-refractivity contribution in [3.05, 3.63) is 54.6 Å². The quantitative estimate of drug-likeness (QED) is 0.861. The van der Waals surface area contributed by atoms with Gasteiger partial charge in [0.2, 0.25) is 10.0 Å². The van der Waals surface area contributed by atoms with Crippen LogP contribution in [0.5, 0.6) is 0 Å².